The fourth-order valence-corrected chi connectivity index (χ4v) is 5.65. The van der Waals surface area contributed by atoms with Crippen molar-refractivity contribution in [3.05, 3.63) is 35.9 Å². The molecule has 3 atom stereocenters. The van der Waals surface area contributed by atoms with Crippen LogP contribution in [-0.2, 0) is 6.54 Å². The Morgan fingerprint density at radius 3 is 2.48 bits per heavy atom. The fourth-order valence-electron chi connectivity index (χ4n) is 5.65. The van der Waals surface area contributed by atoms with Gasteiger partial charge in [-0.3, -0.25) is 4.90 Å². The zero-order chi connectivity index (χ0) is 18.6. The smallest absolute Gasteiger partial charge is 0.0233 e. The molecule has 0 aromatic heterocycles. The highest BCUT2D eigenvalue weighted by Crippen LogP contribution is 2.38. The van der Waals surface area contributed by atoms with Crippen LogP contribution < -0.4 is 5.32 Å². The van der Waals surface area contributed by atoms with Crippen LogP contribution in [0.2, 0.25) is 0 Å². The van der Waals surface area contributed by atoms with E-state index in [1.807, 2.05) is 0 Å². The Hall–Kier alpha value is -0.940. The predicted octanol–water partition coefficient (Wildman–Crippen LogP) is 2.51. The van der Waals surface area contributed by atoms with Crippen molar-refractivity contribution in [1.29, 1.82) is 0 Å². The summed E-state index contributed by atoms with van der Waals surface area (Å²) in [6, 6.07) is 12.5. The second-order valence-corrected chi connectivity index (χ2v) is 9.28. The Morgan fingerprint density at radius 2 is 1.74 bits per heavy atom. The van der Waals surface area contributed by atoms with Crippen molar-refractivity contribution in [1.82, 2.24) is 20.0 Å². The van der Waals surface area contributed by atoms with Crippen molar-refractivity contribution < 1.29 is 0 Å². The Kier molecular flexibility index (Phi) is 6.49. The molecule has 0 radical (unpaired) electrons. The van der Waals surface area contributed by atoms with Gasteiger partial charge in [-0.1, -0.05) is 30.3 Å². The summed E-state index contributed by atoms with van der Waals surface area (Å²) in [7, 11) is 4.45. The molecular weight excluding hydrogens is 332 g/mol. The van der Waals surface area contributed by atoms with Gasteiger partial charge in [-0.25, -0.2) is 0 Å². The molecule has 1 aliphatic carbocycles. The van der Waals surface area contributed by atoms with Crippen LogP contribution in [0.1, 0.15) is 31.2 Å². The van der Waals surface area contributed by atoms with E-state index in [1.54, 1.807) is 0 Å². The average molecular weight is 371 g/mol. The van der Waals surface area contributed by atoms with E-state index in [-0.39, 0.29) is 0 Å². The number of hydrogen-bond acceptors (Lipinski definition) is 4. The van der Waals surface area contributed by atoms with E-state index in [2.05, 4.69) is 64.4 Å². The van der Waals surface area contributed by atoms with E-state index >= 15 is 0 Å². The molecule has 2 saturated heterocycles. The highest BCUT2D eigenvalue weighted by Gasteiger charge is 2.42. The van der Waals surface area contributed by atoms with E-state index in [1.165, 1.54) is 70.5 Å². The maximum atomic E-state index is 3.94. The Labute approximate surface area is 165 Å². The molecule has 1 aromatic carbocycles. The molecule has 1 aromatic rings. The number of rotatable bonds is 7. The lowest BCUT2D eigenvalue weighted by molar-refractivity contribution is 0.144. The first kappa shape index (κ1) is 19.4. The summed E-state index contributed by atoms with van der Waals surface area (Å²) in [5.74, 6) is 1.79. The Morgan fingerprint density at radius 1 is 0.963 bits per heavy atom. The van der Waals surface area contributed by atoms with Crippen LogP contribution in [0.3, 0.4) is 0 Å². The molecule has 1 N–H and O–H groups in total. The van der Waals surface area contributed by atoms with Crippen molar-refractivity contribution in [2.75, 3.05) is 53.4 Å². The number of benzene rings is 1. The lowest BCUT2D eigenvalue weighted by Crippen LogP contribution is -2.45. The molecular formula is C23H38N4. The first-order chi connectivity index (χ1) is 13.2. The second-order valence-electron chi connectivity index (χ2n) is 9.28. The first-order valence-electron chi connectivity index (χ1n) is 11.1. The van der Waals surface area contributed by atoms with Gasteiger partial charge < -0.3 is 15.1 Å². The minimum absolute atomic E-state index is 0.745. The molecule has 2 aliphatic heterocycles. The van der Waals surface area contributed by atoms with Gasteiger partial charge in [0, 0.05) is 44.8 Å². The average Bonchev–Trinajstić information content (AvgIpc) is 3.24. The van der Waals surface area contributed by atoms with Gasteiger partial charge in [-0.05, 0) is 70.3 Å². The molecule has 0 spiro atoms. The van der Waals surface area contributed by atoms with Crippen molar-refractivity contribution in [2.24, 2.45) is 11.8 Å². The highest BCUT2D eigenvalue weighted by atomic mass is 15.2. The minimum atomic E-state index is 0.745. The molecule has 4 nitrogen and oxygen atoms in total. The predicted molar refractivity (Wildman–Crippen MR) is 113 cm³/mol. The molecule has 4 heteroatoms. The molecule has 3 fully saturated rings. The van der Waals surface area contributed by atoms with E-state index in [0.717, 1.165) is 30.5 Å². The summed E-state index contributed by atoms with van der Waals surface area (Å²) in [6.45, 7) is 8.64. The fraction of sp³-hybridized carbons (Fsp3) is 0.739. The van der Waals surface area contributed by atoms with Crippen LogP contribution in [0.4, 0.5) is 0 Å². The topological polar surface area (TPSA) is 21.8 Å². The third-order valence-corrected chi connectivity index (χ3v) is 7.30. The Bertz CT molecular complexity index is 567. The highest BCUT2D eigenvalue weighted by molar-refractivity contribution is 5.15. The van der Waals surface area contributed by atoms with E-state index in [9.17, 15) is 0 Å². The number of piperidine rings is 1. The minimum Gasteiger partial charge on any atom is -0.312 e. The van der Waals surface area contributed by atoms with Gasteiger partial charge in [0.05, 0.1) is 0 Å². The lowest BCUT2D eigenvalue weighted by atomic mass is 9.98. The quantitative estimate of drug-likeness (QED) is 0.796. The van der Waals surface area contributed by atoms with Crippen LogP contribution in [0.15, 0.2) is 30.3 Å². The Balaban J connectivity index is 1.18. The van der Waals surface area contributed by atoms with Gasteiger partial charge in [-0.2, -0.15) is 0 Å². The molecule has 150 valence electrons. The largest absolute Gasteiger partial charge is 0.312 e. The first-order valence-corrected chi connectivity index (χ1v) is 11.1. The summed E-state index contributed by atoms with van der Waals surface area (Å²) >= 11 is 0. The third kappa shape index (κ3) is 4.92. The van der Waals surface area contributed by atoms with Crippen LogP contribution in [0, 0.1) is 11.8 Å². The van der Waals surface area contributed by atoms with Crippen molar-refractivity contribution >= 4 is 0 Å². The molecule has 0 unspecified atom stereocenters. The monoisotopic (exact) mass is 370 g/mol. The maximum Gasteiger partial charge on any atom is 0.0233 e. The number of likely N-dealkylation sites (tertiary alicyclic amines) is 2. The van der Waals surface area contributed by atoms with E-state index in [0.29, 0.717) is 0 Å². The summed E-state index contributed by atoms with van der Waals surface area (Å²) < 4.78 is 0. The molecule has 4 rings (SSSR count). The van der Waals surface area contributed by atoms with Gasteiger partial charge in [-0.15, -0.1) is 0 Å². The maximum absolute atomic E-state index is 3.94. The number of nitrogens with one attached hydrogen (secondary N) is 1. The van der Waals surface area contributed by atoms with Gasteiger partial charge in [0.2, 0.25) is 0 Å². The van der Waals surface area contributed by atoms with Crippen molar-refractivity contribution in [3.63, 3.8) is 0 Å². The van der Waals surface area contributed by atoms with Crippen molar-refractivity contribution in [3.8, 4) is 0 Å². The van der Waals surface area contributed by atoms with E-state index in [4.69, 9.17) is 0 Å². The van der Waals surface area contributed by atoms with Crippen LogP contribution in [0.5, 0.6) is 0 Å². The van der Waals surface area contributed by atoms with Crippen LogP contribution >= 0.6 is 0 Å². The number of nitrogens with zero attached hydrogens (tertiary/aromatic N) is 3. The molecule has 27 heavy (non-hydrogen) atoms. The zero-order valence-corrected chi connectivity index (χ0v) is 17.3. The van der Waals surface area contributed by atoms with Crippen molar-refractivity contribution in [2.45, 2.75) is 44.3 Å². The lowest BCUT2D eigenvalue weighted by Gasteiger charge is -2.35. The summed E-state index contributed by atoms with van der Waals surface area (Å²) in [5, 5.41) is 3.94. The molecule has 2 heterocycles. The molecule has 0 amide bonds. The van der Waals surface area contributed by atoms with Crippen LogP contribution in [-0.4, -0.2) is 80.1 Å². The molecule has 1 saturated carbocycles. The van der Waals surface area contributed by atoms with Gasteiger partial charge in [0.1, 0.15) is 0 Å². The van der Waals surface area contributed by atoms with Gasteiger partial charge in [0.15, 0.2) is 0 Å². The summed E-state index contributed by atoms with van der Waals surface area (Å²) in [5.41, 5.74) is 1.46. The van der Waals surface area contributed by atoms with E-state index < -0.39 is 0 Å². The third-order valence-electron chi connectivity index (χ3n) is 7.30. The van der Waals surface area contributed by atoms with Gasteiger partial charge >= 0.3 is 0 Å². The van der Waals surface area contributed by atoms with Crippen LogP contribution in [0.25, 0.3) is 0 Å². The molecule has 3 aliphatic rings. The number of hydrogen-bond donors (Lipinski definition) is 1. The second kappa shape index (κ2) is 9.04. The number of fused-ring (bicyclic) bond motifs is 1. The van der Waals surface area contributed by atoms with Gasteiger partial charge in [0.25, 0.3) is 0 Å². The standard InChI is InChI=1S/C23H38N4/c1-25(2)21-10-13-26(14-11-21)15-12-24-23-9-8-20-17-27(18-22(20)23)16-19-6-4-3-5-7-19/h3-7,20-24H,8-18H2,1-2H3/t20-,22+,23+/m0/s1. The molecule has 0 bridgehead atoms. The normalized spacial score (nSPS) is 30.3. The SMILES string of the molecule is CN(C)C1CCN(CCN[C@@H]2CC[C@H]3CN(Cc4ccccc4)C[C@H]32)CC1. The summed E-state index contributed by atoms with van der Waals surface area (Å²) in [6.07, 6.45) is 5.46. The zero-order valence-electron chi connectivity index (χ0n) is 17.3. The summed E-state index contributed by atoms with van der Waals surface area (Å²) in [4.78, 5) is 7.75.